The molecule has 7 nitrogen and oxygen atoms in total. The molecule has 0 atom stereocenters. The van der Waals surface area contributed by atoms with Crippen molar-refractivity contribution in [2.75, 3.05) is 10.6 Å². The van der Waals surface area contributed by atoms with Gasteiger partial charge in [-0.1, -0.05) is 23.4 Å². The van der Waals surface area contributed by atoms with E-state index < -0.39 is 0 Å². The molecule has 1 aromatic carbocycles. The number of hydrogen-bond donors (Lipinski definition) is 2. The second-order valence-corrected chi connectivity index (χ2v) is 4.56. The van der Waals surface area contributed by atoms with Gasteiger partial charge in [0.1, 0.15) is 11.6 Å². The van der Waals surface area contributed by atoms with Gasteiger partial charge in [-0.3, -0.25) is 0 Å². The lowest BCUT2D eigenvalue weighted by molar-refractivity contribution is 0.400. The zero-order valence-electron chi connectivity index (χ0n) is 11.7. The van der Waals surface area contributed by atoms with E-state index in [1.54, 1.807) is 31.2 Å². The summed E-state index contributed by atoms with van der Waals surface area (Å²) in [6, 6.07) is 8.25. The van der Waals surface area contributed by atoms with Crippen LogP contribution in [0.4, 0.5) is 22.0 Å². The normalized spacial score (nSPS) is 10.5. The van der Waals surface area contributed by atoms with Gasteiger partial charge in [0.15, 0.2) is 11.6 Å². The molecule has 0 bridgehead atoms. The number of anilines is 3. The molecule has 8 heteroatoms. The molecule has 0 unspecified atom stereocenters. The molecule has 0 fully saturated rings. The molecule has 0 saturated carbocycles. The highest BCUT2D eigenvalue weighted by Gasteiger charge is 2.06. The molecule has 0 aliphatic rings. The van der Waals surface area contributed by atoms with Crippen LogP contribution in [0.25, 0.3) is 0 Å². The number of benzene rings is 1. The van der Waals surface area contributed by atoms with Crippen molar-refractivity contribution in [3.63, 3.8) is 0 Å². The molecule has 0 saturated heterocycles. The van der Waals surface area contributed by atoms with E-state index in [9.17, 15) is 4.39 Å². The van der Waals surface area contributed by atoms with Gasteiger partial charge in [0.2, 0.25) is 5.95 Å². The van der Waals surface area contributed by atoms with Crippen molar-refractivity contribution in [3.05, 3.63) is 53.7 Å². The molecule has 22 heavy (non-hydrogen) atoms. The van der Waals surface area contributed by atoms with Crippen LogP contribution in [0.5, 0.6) is 0 Å². The van der Waals surface area contributed by atoms with Gasteiger partial charge < -0.3 is 15.2 Å². The first-order valence-electron chi connectivity index (χ1n) is 6.58. The molecule has 112 valence electrons. The minimum Gasteiger partial charge on any atom is -0.364 e. The Labute approximate surface area is 125 Å². The Morgan fingerprint density at radius 3 is 2.86 bits per heavy atom. The summed E-state index contributed by atoms with van der Waals surface area (Å²) in [6.45, 7) is 2.08. The maximum absolute atomic E-state index is 13.5. The fraction of sp³-hybridized carbons (Fsp3) is 0.143. The van der Waals surface area contributed by atoms with Crippen molar-refractivity contribution in [2.24, 2.45) is 0 Å². The summed E-state index contributed by atoms with van der Waals surface area (Å²) < 4.78 is 18.5. The van der Waals surface area contributed by atoms with Gasteiger partial charge >= 0.3 is 0 Å². The summed E-state index contributed by atoms with van der Waals surface area (Å²) in [4.78, 5) is 4.22. The molecule has 2 aromatic heterocycles. The molecule has 3 aromatic rings. The largest absolute Gasteiger partial charge is 0.364 e. The minimum atomic E-state index is -0.270. The van der Waals surface area contributed by atoms with Crippen LogP contribution < -0.4 is 10.6 Å². The van der Waals surface area contributed by atoms with E-state index in [2.05, 4.69) is 31.0 Å². The van der Waals surface area contributed by atoms with Gasteiger partial charge in [-0.05, 0) is 13.0 Å². The Morgan fingerprint density at radius 2 is 2.09 bits per heavy atom. The highest BCUT2D eigenvalue weighted by molar-refractivity contribution is 5.48. The van der Waals surface area contributed by atoms with Crippen LogP contribution in [0.1, 0.15) is 11.3 Å². The van der Waals surface area contributed by atoms with E-state index in [1.807, 2.05) is 0 Å². The van der Waals surface area contributed by atoms with E-state index in [0.29, 0.717) is 29.5 Å². The van der Waals surface area contributed by atoms with Gasteiger partial charge in [0.05, 0.1) is 6.20 Å². The van der Waals surface area contributed by atoms with Gasteiger partial charge in [-0.2, -0.15) is 10.1 Å². The summed E-state index contributed by atoms with van der Waals surface area (Å²) in [5, 5.41) is 17.3. The molecular formula is C14H13FN6O. The molecule has 2 heterocycles. The van der Waals surface area contributed by atoms with Crippen molar-refractivity contribution in [1.82, 2.24) is 20.3 Å². The number of nitrogens with one attached hydrogen (secondary N) is 2. The maximum atomic E-state index is 13.5. The van der Waals surface area contributed by atoms with Gasteiger partial charge in [0.25, 0.3) is 0 Å². The van der Waals surface area contributed by atoms with Crippen molar-refractivity contribution in [1.29, 1.82) is 0 Å². The van der Waals surface area contributed by atoms with Crippen molar-refractivity contribution in [3.8, 4) is 0 Å². The number of hydrogen-bond acceptors (Lipinski definition) is 7. The molecule has 2 N–H and O–H groups in total. The molecule has 3 rings (SSSR count). The molecular weight excluding hydrogens is 287 g/mol. The standard InChI is InChI=1S/C14H13FN6O/c1-9-6-12(21-22-9)18-14-19-13(8-17-20-14)16-7-10-4-2-3-5-11(10)15/h2-6,8H,7H2,1H3,(H2,16,18,19,20,21). The van der Waals surface area contributed by atoms with Crippen LogP contribution in [-0.2, 0) is 6.54 Å². The van der Waals surface area contributed by atoms with Crippen LogP contribution in [0.15, 0.2) is 41.1 Å². The predicted octanol–water partition coefficient (Wildman–Crippen LogP) is 2.66. The lowest BCUT2D eigenvalue weighted by Gasteiger charge is -2.07. The van der Waals surface area contributed by atoms with Gasteiger partial charge in [0, 0.05) is 18.2 Å². The third-order valence-corrected chi connectivity index (χ3v) is 2.84. The second-order valence-electron chi connectivity index (χ2n) is 4.56. The minimum absolute atomic E-state index is 0.270. The van der Waals surface area contributed by atoms with Crippen molar-refractivity contribution >= 4 is 17.6 Å². The van der Waals surface area contributed by atoms with Crippen molar-refractivity contribution < 1.29 is 8.91 Å². The average molecular weight is 300 g/mol. The second kappa shape index (κ2) is 6.17. The fourth-order valence-electron chi connectivity index (χ4n) is 1.81. The van der Waals surface area contributed by atoms with E-state index >= 15 is 0 Å². The van der Waals surface area contributed by atoms with Crippen molar-refractivity contribution in [2.45, 2.75) is 13.5 Å². The Bertz CT molecular complexity index is 775. The summed E-state index contributed by atoms with van der Waals surface area (Å²) >= 11 is 0. The first kappa shape index (κ1) is 13.9. The monoisotopic (exact) mass is 300 g/mol. The molecule has 0 amide bonds. The average Bonchev–Trinajstić information content (AvgIpc) is 2.92. The highest BCUT2D eigenvalue weighted by atomic mass is 19.1. The predicted molar refractivity (Wildman–Crippen MR) is 78.1 cm³/mol. The number of aromatic nitrogens is 4. The van der Waals surface area contributed by atoms with Crippen LogP contribution in [-0.4, -0.2) is 20.3 Å². The SMILES string of the molecule is Cc1cc(Nc2nncc(NCc3ccccc3F)n2)no1. The summed E-state index contributed by atoms with van der Waals surface area (Å²) in [6.07, 6.45) is 1.46. The van der Waals surface area contributed by atoms with E-state index in [4.69, 9.17) is 4.52 Å². The maximum Gasteiger partial charge on any atom is 0.250 e. The lowest BCUT2D eigenvalue weighted by Crippen LogP contribution is -2.06. The zero-order valence-corrected chi connectivity index (χ0v) is 11.7. The fourth-order valence-corrected chi connectivity index (χ4v) is 1.81. The zero-order chi connectivity index (χ0) is 15.4. The van der Waals surface area contributed by atoms with Gasteiger partial charge in [-0.15, -0.1) is 5.10 Å². The first-order valence-corrected chi connectivity index (χ1v) is 6.58. The summed E-state index contributed by atoms with van der Waals surface area (Å²) in [5.74, 6) is 1.64. The van der Waals surface area contributed by atoms with Crippen LogP contribution in [0.3, 0.4) is 0 Å². The Hall–Kier alpha value is -3.03. The summed E-state index contributed by atoms with van der Waals surface area (Å²) in [5.41, 5.74) is 0.544. The summed E-state index contributed by atoms with van der Waals surface area (Å²) in [7, 11) is 0. The quantitative estimate of drug-likeness (QED) is 0.748. The lowest BCUT2D eigenvalue weighted by atomic mass is 10.2. The molecule has 0 aliphatic heterocycles. The third kappa shape index (κ3) is 3.35. The molecule has 0 radical (unpaired) electrons. The number of nitrogens with zero attached hydrogens (tertiary/aromatic N) is 4. The number of rotatable bonds is 5. The third-order valence-electron chi connectivity index (χ3n) is 2.84. The van der Waals surface area contributed by atoms with Crippen LogP contribution in [0.2, 0.25) is 0 Å². The number of aryl methyl sites for hydroxylation is 1. The Balaban J connectivity index is 1.67. The highest BCUT2D eigenvalue weighted by Crippen LogP contribution is 2.14. The van der Waals surface area contributed by atoms with Crippen LogP contribution >= 0.6 is 0 Å². The van der Waals surface area contributed by atoms with Gasteiger partial charge in [-0.25, -0.2) is 4.39 Å². The number of halogens is 1. The molecule has 0 spiro atoms. The van der Waals surface area contributed by atoms with E-state index in [0.717, 1.165) is 0 Å². The van der Waals surface area contributed by atoms with Crippen LogP contribution in [0, 0.1) is 12.7 Å². The van der Waals surface area contributed by atoms with E-state index in [1.165, 1.54) is 12.3 Å². The first-order chi connectivity index (χ1) is 10.7. The smallest absolute Gasteiger partial charge is 0.250 e. The molecule has 0 aliphatic carbocycles. The topological polar surface area (TPSA) is 88.8 Å². The Kier molecular flexibility index (Phi) is 3.90. The Morgan fingerprint density at radius 1 is 1.23 bits per heavy atom. The van der Waals surface area contributed by atoms with E-state index in [-0.39, 0.29) is 11.8 Å².